The average molecular weight is 436 g/mol. The number of methoxy groups -OCH3 is 1. The lowest BCUT2D eigenvalue weighted by Gasteiger charge is -2.36. The molecular formula is C24H25N3O3S. The number of rotatable bonds is 7. The van der Waals surface area contributed by atoms with Gasteiger partial charge in [0.2, 0.25) is 5.91 Å². The first-order valence-corrected chi connectivity index (χ1v) is 11.1. The topological polar surface area (TPSA) is 61.9 Å². The number of nitrogens with one attached hydrogen (secondary N) is 1. The molecule has 1 fully saturated rings. The van der Waals surface area contributed by atoms with Gasteiger partial charge in [0, 0.05) is 35.9 Å². The van der Waals surface area contributed by atoms with E-state index in [1.807, 2.05) is 70.9 Å². The van der Waals surface area contributed by atoms with Crippen molar-refractivity contribution in [2.45, 2.75) is 19.4 Å². The van der Waals surface area contributed by atoms with E-state index in [2.05, 4.69) is 5.32 Å². The zero-order chi connectivity index (χ0) is 21.6. The molecule has 0 aliphatic carbocycles. The molecule has 1 aliphatic heterocycles. The molecule has 0 spiro atoms. The first-order chi connectivity index (χ1) is 15.1. The molecule has 31 heavy (non-hydrogen) atoms. The Hall–Kier alpha value is -3.32. The van der Waals surface area contributed by atoms with Crippen LogP contribution in [0.15, 0.2) is 66.0 Å². The second-order valence-electron chi connectivity index (χ2n) is 7.42. The van der Waals surface area contributed by atoms with Crippen LogP contribution in [0, 0.1) is 0 Å². The summed E-state index contributed by atoms with van der Waals surface area (Å²) in [5.41, 5.74) is 2.51. The molecule has 6 nitrogen and oxygen atoms in total. The molecule has 2 heterocycles. The van der Waals surface area contributed by atoms with Crippen molar-refractivity contribution in [1.29, 1.82) is 0 Å². The average Bonchev–Trinajstić information content (AvgIpc) is 3.28. The van der Waals surface area contributed by atoms with Gasteiger partial charge in [0.05, 0.1) is 13.5 Å². The molecule has 0 unspecified atom stereocenters. The molecule has 0 saturated carbocycles. The maximum atomic E-state index is 13.2. The monoisotopic (exact) mass is 435 g/mol. The lowest BCUT2D eigenvalue weighted by atomic mass is 10.1. The van der Waals surface area contributed by atoms with Gasteiger partial charge in [-0.3, -0.25) is 9.69 Å². The van der Waals surface area contributed by atoms with Gasteiger partial charge in [-0.15, -0.1) is 11.3 Å². The zero-order valence-corrected chi connectivity index (χ0v) is 18.2. The number of ether oxygens (including phenoxy) is 1. The summed E-state index contributed by atoms with van der Waals surface area (Å²) in [6.07, 6.45) is 1.23. The highest BCUT2D eigenvalue weighted by atomic mass is 32.1. The Balaban J connectivity index is 1.44. The molecule has 1 N–H and O–H groups in total. The summed E-state index contributed by atoms with van der Waals surface area (Å²) in [7, 11) is 1.64. The molecule has 0 radical (unpaired) electrons. The number of thiophene rings is 1. The van der Waals surface area contributed by atoms with Crippen LogP contribution >= 0.6 is 11.3 Å². The van der Waals surface area contributed by atoms with Gasteiger partial charge in [-0.2, -0.15) is 0 Å². The highest BCUT2D eigenvalue weighted by molar-refractivity contribution is 7.10. The molecular weight excluding hydrogens is 410 g/mol. The number of carbonyl (C=O) groups excluding carboxylic acids is 2. The molecule has 0 atom stereocenters. The second-order valence-corrected chi connectivity index (χ2v) is 8.45. The van der Waals surface area contributed by atoms with Crippen molar-refractivity contribution in [1.82, 2.24) is 4.90 Å². The van der Waals surface area contributed by atoms with Gasteiger partial charge in [-0.05, 0) is 53.8 Å². The number of anilines is 2. The number of nitrogens with zero attached hydrogens (tertiary/aromatic N) is 2. The van der Waals surface area contributed by atoms with Crippen LogP contribution in [0.25, 0.3) is 0 Å². The van der Waals surface area contributed by atoms with Crippen LogP contribution in [0.1, 0.15) is 16.9 Å². The van der Waals surface area contributed by atoms with Crippen LogP contribution in [0.4, 0.5) is 16.2 Å². The van der Waals surface area contributed by atoms with Crippen molar-refractivity contribution < 1.29 is 14.3 Å². The van der Waals surface area contributed by atoms with Crippen molar-refractivity contribution in [2.75, 3.05) is 30.4 Å². The van der Waals surface area contributed by atoms with Crippen molar-refractivity contribution >= 4 is 34.6 Å². The number of hydrogen-bond acceptors (Lipinski definition) is 4. The Morgan fingerprint density at radius 2 is 1.97 bits per heavy atom. The van der Waals surface area contributed by atoms with Crippen LogP contribution in [-0.4, -0.2) is 37.0 Å². The molecule has 7 heteroatoms. The minimum atomic E-state index is -0.0655. The molecule has 0 bridgehead atoms. The summed E-state index contributed by atoms with van der Waals surface area (Å²) in [6, 6.07) is 19.1. The summed E-state index contributed by atoms with van der Waals surface area (Å²) in [5.74, 6) is 0.717. The number of benzene rings is 2. The van der Waals surface area contributed by atoms with E-state index < -0.39 is 0 Å². The largest absolute Gasteiger partial charge is 0.497 e. The summed E-state index contributed by atoms with van der Waals surface area (Å²) < 4.78 is 5.29. The van der Waals surface area contributed by atoms with E-state index in [0.29, 0.717) is 31.7 Å². The van der Waals surface area contributed by atoms with E-state index in [-0.39, 0.29) is 11.9 Å². The number of hydrogen-bond donors (Lipinski definition) is 1. The third kappa shape index (κ3) is 5.24. The summed E-state index contributed by atoms with van der Waals surface area (Å²) in [6.45, 7) is 1.90. The lowest BCUT2D eigenvalue weighted by Crippen LogP contribution is -2.49. The quantitative estimate of drug-likeness (QED) is 0.581. The fourth-order valence-electron chi connectivity index (χ4n) is 3.69. The predicted octanol–water partition coefficient (Wildman–Crippen LogP) is 4.77. The van der Waals surface area contributed by atoms with Gasteiger partial charge in [0.15, 0.2) is 0 Å². The van der Waals surface area contributed by atoms with E-state index in [4.69, 9.17) is 4.74 Å². The third-order valence-electron chi connectivity index (χ3n) is 5.18. The molecule has 4 rings (SSSR count). The smallest absolute Gasteiger partial charge is 0.324 e. The molecule has 2 aromatic carbocycles. The number of urea groups is 1. The van der Waals surface area contributed by atoms with E-state index in [1.165, 1.54) is 0 Å². The lowest BCUT2D eigenvalue weighted by molar-refractivity contribution is -0.115. The Labute approximate surface area is 186 Å². The predicted molar refractivity (Wildman–Crippen MR) is 124 cm³/mol. The van der Waals surface area contributed by atoms with E-state index in [9.17, 15) is 9.59 Å². The normalized spacial score (nSPS) is 13.9. The van der Waals surface area contributed by atoms with Crippen molar-refractivity contribution in [3.05, 3.63) is 76.5 Å². The van der Waals surface area contributed by atoms with Crippen LogP contribution in [-0.2, 0) is 17.8 Å². The molecule has 3 aromatic rings. The SMILES string of the molecule is COc1cccc(CN2CCCN(c3cccc(NC(=O)Cc4cccs4)c3)C2=O)c1. The minimum Gasteiger partial charge on any atom is -0.497 e. The Kier molecular flexibility index (Phi) is 6.52. The summed E-state index contributed by atoms with van der Waals surface area (Å²) in [5, 5.41) is 4.90. The minimum absolute atomic E-state index is 0.0314. The van der Waals surface area contributed by atoms with E-state index in [0.717, 1.165) is 28.3 Å². The maximum absolute atomic E-state index is 13.2. The number of amides is 3. The van der Waals surface area contributed by atoms with Gasteiger partial charge >= 0.3 is 6.03 Å². The first-order valence-electron chi connectivity index (χ1n) is 10.2. The maximum Gasteiger partial charge on any atom is 0.324 e. The van der Waals surface area contributed by atoms with Crippen LogP contribution in [0.2, 0.25) is 0 Å². The van der Waals surface area contributed by atoms with Gasteiger partial charge in [0.1, 0.15) is 5.75 Å². The van der Waals surface area contributed by atoms with E-state index >= 15 is 0 Å². The molecule has 1 aromatic heterocycles. The van der Waals surface area contributed by atoms with Gasteiger partial charge < -0.3 is 15.0 Å². The Morgan fingerprint density at radius 3 is 2.77 bits per heavy atom. The number of carbonyl (C=O) groups is 2. The third-order valence-corrected chi connectivity index (χ3v) is 6.05. The van der Waals surface area contributed by atoms with Crippen molar-refractivity contribution in [2.24, 2.45) is 0 Å². The fraction of sp³-hybridized carbons (Fsp3) is 0.250. The van der Waals surface area contributed by atoms with Crippen LogP contribution < -0.4 is 15.0 Å². The zero-order valence-electron chi connectivity index (χ0n) is 17.4. The van der Waals surface area contributed by atoms with Crippen molar-refractivity contribution in [3.8, 4) is 5.75 Å². The molecule has 3 amide bonds. The molecule has 1 aliphatic rings. The Bertz CT molecular complexity index is 1050. The summed E-state index contributed by atoms with van der Waals surface area (Å²) >= 11 is 1.56. The second kappa shape index (κ2) is 9.66. The standard InChI is InChI=1S/C24H25N3O3S/c1-30-21-9-2-6-18(14-21)17-26-11-5-12-27(24(26)29)20-8-3-7-19(15-20)25-23(28)16-22-10-4-13-31-22/h2-4,6-10,13-15H,5,11-12,16-17H2,1H3,(H,25,28). The molecule has 160 valence electrons. The van der Waals surface area contributed by atoms with Crippen LogP contribution in [0.3, 0.4) is 0 Å². The van der Waals surface area contributed by atoms with Crippen LogP contribution in [0.5, 0.6) is 5.75 Å². The van der Waals surface area contributed by atoms with E-state index in [1.54, 1.807) is 23.3 Å². The Morgan fingerprint density at radius 1 is 1.10 bits per heavy atom. The highest BCUT2D eigenvalue weighted by Crippen LogP contribution is 2.25. The van der Waals surface area contributed by atoms with Gasteiger partial charge in [0.25, 0.3) is 0 Å². The fourth-order valence-corrected chi connectivity index (χ4v) is 4.39. The van der Waals surface area contributed by atoms with Crippen molar-refractivity contribution in [3.63, 3.8) is 0 Å². The highest BCUT2D eigenvalue weighted by Gasteiger charge is 2.27. The van der Waals surface area contributed by atoms with Gasteiger partial charge in [-0.1, -0.05) is 24.3 Å². The summed E-state index contributed by atoms with van der Waals surface area (Å²) in [4.78, 5) is 30.1. The molecule has 1 saturated heterocycles. The van der Waals surface area contributed by atoms with Gasteiger partial charge in [-0.25, -0.2) is 4.79 Å². The first kappa shape index (κ1) is 20.9.